The minimum absolute atomic E-state index is 1.14. The molecule has 330 valence electrons. The molecule has 0 bridgehead atoms. The van der Waals surface area contributed by atoms with Gasteiger partial charge in [0.05, 0.1) is 22.4 Å². The minimum atomic E-state index is 1.14. The van der Waals surface area contributed by atoms with Crippen LogP contribution in [0.2, 0.25) is 0 Å². The van der Waals surface area contributed by atoms with Crippen LogP contribution in [0.25, 0.3) is 115 Å². The van der Waals surface area contributed by atoms with Gasteiger partial charge in [-0.15, -0.1) is 0 Å². The summed E-state index contributed by atoms with van der Waals surface area (Å²) in [5, 5.41) is 15.0. The Morgan fingerprint density at radius 2 is 0.873 bits per heavy atom. The lowest BCUT2D eigenvalue weighted by molar-refractivity contribution is 1.17. The molecule has 1 aliphatic rings. The lowest BCUT2D eigenvalue weighted by Gasteiger charge is -2.34. The van der Waals surface area contributed by atoms with Crippen molar-refractivity contribution < 1.29 is 0 Å². The van der Waals surface area contributed by atoms with E-state index in [1.54, 1.807) is 0 Å². The molecule has 2 nitrogen and oxygen atoms in total. The Morgan fingerprint density at radius 1 is 0.254 bits per heavy atom. The van der Waals surface area contributed by atoms with Crippen molar-refractivity contribution in [2.24, 2.45) is 0 Å². The molecule has 0 saturated carbocycles. The molecule has 0 N–H and O–H groups in total. The van der Waals surface area contributed by atoms with Crippen LogP contribution in [0.5, 0.6) is 0 Å². The molecule has 15 rings (SSSR count). The minimum Gasteiger partial charge on any atom is -0.309 e. The standard InChI is InChI=1S/C68H42N2S/c1-2-15-45-35-51(28-27-43(45)13-1)60-38-52-29-32-54(42-61(52)58-23-8-7-22-57(58)60)69-63-26-10-9-24-59(63)62-37-48(30-33-64(62)69)49-31-34-67-65(40-49)70(66-39-46-16-3-4-17-47(46)41-68(66)71-67)53-20-11-19-50(36-53)56-25-12-18-44-14-5-6-21-55(44)56/h1-42H. The maximum absolute atomic E-state index is 2.49. The molecular weight excluding hydrogens is 877 g/mol. The van der Waals surface area contributed by atoms with Crippen molar-refractivity contribution in [1.29, 1.82) is 0 Å². The Balaban J connectivity index is 0.865. The van der Waals surface area contributed by atoms with E-state index in [-0.39, 0.29) is 0 Å². The van der Waals surface area contributed by atoms with Gasteiger partial charge in [-0.3, -0.25) is 0 Å². The zero-order valence-corrected chi connectivity index (χ0v) is 39.4. The Labute approximate surface area is 415 Å². The van der Waals surface area contributed by atoms with Crippen LogP contribution in [0.3, 0.4) is 0 Å². The molecular formula is C68H42N2S. The fraction of sp³-hybridized carbons (Fsp3) is 0. The fourth-order valence-electron chi connectivity index (χ4n) is 11.5. The second kappa shape index (κ2) is 15.8. The van der Waals surface area contributed by atoms with Gasteiger partial charge >= 0.3 is 0 Å². The van der Waals surface area contributed by atoms with E-state index in [2.05, 4.69) is 264 Å². The summed E-state index contributed by atoms with van der Waals surface area (Å²) in [4.78, 5) is 4.98. The number of rotatable bonds is 5. The van der Waals surface area contributed by atoms with Crippen molar-refractivity contribution >= 4 is 104 Å². The Hall–Kier alpha value is -8.89. The molecule has 0 fully saturated rings. The lowest BCUT2D eigenvalue weighted by Crippen LogP contribution is -2.15. The number of para-hydroxylation sites is 1. The van der Waals surface area contributed by atoms with Gasteiger partial charge in [0, 0.05) is 31.9 Å². The van der Waals surface area contributed by atoms with Crippen LogP contribution in [0.15, 0.2) is 265 Å². The van der Waals surface area contributed by atoms with Crippen molar-refractivity contribution in [1.82, 2.24) is 4.57 Å². The van der Waals surface area contributed by atoms with E-state index < -0.39 is 0 Å². The van der Waals surface area contributed by atoms with Crippen LogP contribution >= 0.6 is 11.8 Å². The van der Waals surface area contributed by atoms with Gasteiger partial charge in [-0.1, -0.05) is 188 Å². The van der Waals surface area contributed by atoms with Gasteiger partial charge in [0.2, 0.25) is 0 Å². The van der Waals surface area contributed by atoms with Gasteiger partial charge in [-0.2, -0.15) is 0 Å². The van der Waals surface area contributed by atoms with E-state index in [0.29, 0.717) is 0 Å². The Kier molecular flexibility index (Phi) is 8.93. The van der Waals surface area contributed by atoms with Crippen LogP contribution in [-0.2, 0) is 0 Å². The van der Waals surface area contributed by atoms with Gasteiger partial charge in [0.1, 0.15) is 0 Å². The molecule has 0 saturated heterocycles. The third-order valence-electron chi connectivity index (χ3n) is 14.9. The highest BCUT2D eigenvalue weighted by Crippen LogP contribution is 2.54. The predicted molar refractivity (Wildman–Crippen MR) is 303 cm³/mol. The molecule has 0 radical (unpaired) electrons. The first-order valence-corrected chi connectivity index (χ1v) is 25.2. The van der Waals surface area contributed by atoms with Crippen molar-refractivity contribution in [3.05, 3.63) is 255 Å². The molecule has 1 aromatic heterocycles. The van der Waals surface area contributed by atoms with E-state index in [0.717, 1.165) is 11.4 Å². The van der Waals surface area contributed by atoms with Gasteiger partial charge in [0.25, 0.3) is 0 Å². The van der Waals surface area contributed by atoms with Gasteiger partial charge in [0.15, 0.2) is 0 Å². The molecule has 0 aliphatic carbocycles. The van der Waals surface area contributed by atoms with Crippen molar-refractivity contribution in [3.63, 3.8) is 0 Å². The molecule has 0 unspecified atom stereocenters. The molecule has 0 spiro atoms. The van der Waals surface area contributed by atoms with E-state index in [1.165, 1.54) is 130 Å². The largest absolute Gasteiger partial charge is 0.309 e. The number of benzene rings is 13. The van der Waals surface area contributed by atoms with Gasteiger partial charge in [-0.25, -0.2) is 0 Å². The maximum Gasteiger partial charge on any atom is 0.0608 e. The molecule has 14 aromatic rings. The van der Waals surface area contributed by atoms with Crippen molar-refractivity contribution in [3.8, 4) is 39.1 Å². The van der Waals surface area contributed by atoms with E-state index >= 15 is 0 Å². The zero-order valence-electron chi connectivity index (χ0n) is 38.6. The normalized spacial score (nSPS) is 12.4. The quantitative estimate of drug-likeness (QED) is 0.159. The summed E-state index contributed by atoms with van der Waals surface area (Å²) in [5.41, 5.74) is 14.3. The predicted octanol–water partition coefficient (Wildman–Crippen LogP) is 19.5. The van der Waals surface area contributed by atoms with Crippen LogP contribution in [0.4, 0.5) is 17.1 Å². The van der Waals surface area contributed by atoms with Gasteiger partial charge in [-0.05, 0) is 166 Å². The summed E-state index contributed by atoms with van der Waals surface area (Å²) in [6.45, 7) is 0. The first kappa shape index (κ1) is 40.0. The Morgan fingerprint density at radius 3 is 1.75 bits per heavy atom. The average molecular weight is 919 g/mol. The molecule has 3 heteroatoms. The molecule has 2 heterocycles. The average Bonchev–Trinajstić information content (AvgIpc) is 3.77. The molecule has 0 amide bonds. The van der Waals surface area contributed by atoms with Crippen molar-refractivity contribution in [2.45, 2.75) is 9.79 Å². The molecule has 0 atom stereocenters. The number of nitrogens with zero attached hydrogens (tertiary/aromatic N) is 2. The molecule has 1 aliphatic heterocycles. The fourth-order valence-corrected chi connectivity index (χ4v) is 12.6. The van der Waals surface area contributed by atoms with E-state index in [4.69, 9.17) is 0 Å². The number of anilines is 3. The SMILES string of the molecule is c1cc(-c2cccc3ccccc23)cc(N2c3cc(-c4ccc5c(c4)c4ccccc4n5-c4ccc5cc(-c6ccc7ccccc7c6)c6ccccc6c5c4)ccc3Sc3cc4ccccc4cc32)c1. The number of fused-ring (bicyclic) bond motifs is 11. The zero-order chi connectivity index (χ0) is 46.6. The summed E-state index contributed by atoms with van der Waals surface area (Å²) in [6, 6.07) is 94.6. The number of hydrogen-bond acceptors (Lipinski definition) is 2. The topological polar surface area (TPSA) is 8.17 Å². The highest BCUT2D eigenvalue weighted by molar-refractivity contribution is 7.99. The molecule has 71 heavy (non-hydrogen) atoms. The van der Waals surface area contributed by atoms with Gasteiger partial charge < -0.3 is 9.47 Å². The maximum atomic E-state index is 2.49. The molecule has 13 aromatic carbocycles. The monoisotopic (exact) mass is 918 g/mol. The second-order valence-electron chi connectivity index (χ2n) is 18.9. The summed E-state index contributed by atoms with van der Waals surface area (Å²) in [7, 11) is 0. The Bertz CT molecular complexity index is 4520. The summed E-state index contributed by atoms with van der Waals surface area (Å²) < 4.78 is 2.45. The number of hydrogen-bond donors (Lipinski definition) is 0. The summed E-state index contributed by atoms with van der Waals surface area (Å²) >= 11 is 1.86. The van der Waals surface area contributed by atoms with Crippen molar-refractivity contribution in [2.75, 3.05) is 4.90 Å². The van der Waals surface area contributed by atoms with Crippen LogP contribution in [-0.4, -0.2) is 4.57 Å². The van der Waals surface area contributed by atoms with E-state index in [9.17, 15) is 0 Å². The third-order valence-corrected chi connectivity index (χ3v) is 16.0. The highest BCUT2D eigenvalue weighted by atomic mass is 32.2. The van der Waals surface area contributed by atoms with Crippen LogP contribution in [0, 0.1) is 0 Å². The smallest absolute Gasteiger partial charge is 0.0608 e. The first-order chi connectivity index (χ1) is 35.2. The summed E-state index contributed by atoms with van der Waals surface area (Å²) in [5.74, 6) is 0. The summed E-state index contributed by atoms with van der Waals surface area (Å²) in [6.07, 6.45) is 0. The highest BCUT2D eigenvalue weighted by Gasteiger charge is 2.27. The second-order valence-corrected chi connectivity index (χ2v) is 20.0. The third kappa shape index (κ3) is 6.44. The van der Waals surface area contributed by atoms with Crippen LogP contribution < -0.4 is 4.90 Å². The number of aromatic nitrogens is 1. The first-order valence-electron chi connectivity index (χ1n) is 24.4. The lowest BCUT2D eigenvalue weighted by atomic mass is 9.92. The van der Waals surface area contributed by atoms with E-state index in [1.807, 2.05) is 11.8 Å². The van der Waals surface area contributed by atoms with Crippen LogP contribution in [0.1, 0.15) is 0 Å².